The van der Waals surface area contributed by atoms with Crippen LogP contribution in [-0.4, -0.2) is 4.98 Å². The van der Waals surface area contributed by atoms with E-state index in [2.05, 4.69) is 18.1 Å². The zero-order valence-corrected chi connectivity index (χ0v) is 7.98. The third-order valence-corrected chi connectivity index (χ3v) is 1.94. The second-order valence-electron chi connectivity index (χ2n) is 3.07. The molecular weight excluding hydrogens is 162 g/mol. The van der Waals surface area contributed by atoms with Crippen molar-refractivity contribution >= 4 is 11.6 Å². The van der Waals surface area contributed by atoms with Crippen molar-refractivity contribution in [1.29, 1.82) is 0 Å². The molecule has 0 atom stereocenters. The van der Waals surface area contributed by atoms with E-state index in [1.165, 1.54) is 0 Å². The summed E-state index contributed by atoms with van der Waals surface area (Å²) in [4.78, 5) is 14.6. The Morgan fingerprint density at radius 1 is 1.62 bits per heavy atom. The van der Waals surface area contributed by atoms with Crippen molar-refractivity contribution in [3.63, 3.8) is 0 Å². The van der Waals surface area contributed by atoms with Gasteiger partial charge in [0.15, 0.2) is 5.43 Å². The molecule has 0 radical (unpaired) electrons. The van der Waals surface area contributed by atoms with Crippen LogP contribution in [0.3, 0.4) is 0 Å². The van der Waals surface area contributed by atoms with Crippen LogP contribution in [0.4, 0.5) is 0 Å². The Morgan fingerprint density at radius 3 is 2.69 bits per heavy atom. The van der Waals surface area contributed by atoms with Gasteiger partial charge in [-0.15, -0.1) is 0 Å². The largest absolute Gasteiger partial charge is 0.360 e. The summed E-state index contributed by atoms with van der Waals surface area (Å²) in [5.41, 5.74) is 2.93. The number of nitrogens with one attached hydrogen (secondary N) is 1. The molecule has 0 fully saturated rings. The molecule has 1 aromatic rings. The Kier molecular flexibility index (Phi) is 2.52. The summed E-state index contributed by atoms with van der Waals surface area (Å²) in [6, 6.07) is 0. The molecule has 0 aromatic carbocycles. The molecule has 0 unspecified atom stereocenters. The van der Waals surface area contributed by atoms with E-state index >= 15 is 0 Å². The van der Waals surface area contributed by atoms with E-state index in [0.29, 0.717) is 11.1 Å². The lowest BCUT2D eigenvalue weighted by Crippen LogP contribution is -2.12. The summed E-state index contributed by atoms with van der Waals surface area (Å²) in [5, 5.41) is 0. The molecule has 0 aliphatic carbocycles. The quantitative estimate of drug-likeness (QED) is 0.735. The van der Waals surface area contributed by atoms with E-state index < -0.39 is 0 Å². The molecule has 1 rings (SSSR count). The Bertz CT molecular complexity index is 413. The van der Waals surface area contributed by atoms with Crippen molar-refractivity contribution in [1.82, 2.24) is 4.98 Å². The molecular formula is C11H13NO. The molecule has 13 heavy (non-hydrogen) atoms. The number of hydrogen-bond donors (Lipinski definition) is 1. The minimum absolute atomic E-state index is 0.0201. The second kappa shape index (κ2) is 3.44. The third-order valence-electron chi connectivity index (χ3n) is 1.94. The normalized spacial score (nSPS) is 9.69. The molecule has 0 aliphatic rings. The lowest BCUT2D eigenvalue weighted by Gasteiger charge is -2.05. The van der Waals surface area contributed by atoms with Crippen molar-refractivity contribution in [2.24, 2.45) is 0 Å². The second-order valence-corrected chi connectivity index (χ2v) is 3.07. The van der Waals surface area contributed by atoms with Gasteiger partial charge < -0.3 is 4.98 Å². The summed E-state index contributed by atoms with van der Waals surface area (Å²) in [6.07, 6.45) is 3.26. The highest BCUT2D eigenvalue weighted by atomic mass is 16.1. The molecule has 2 heteroatoms. The monoisotopic (exact) mass is 175 g/mol. The van der Waals surface area contributed by atoms with E-state index in [0.717, 1.165) is 11.3 Å². The van der Waals surface area contributed by atoms with Crippen molar-refractivity contribution in [3.05, 3.63) is 46.4 Å². The van der Waals surface area contributed by atoms with Crippen molar-refractivity contribution in [2.75, 3.05) is 0 Å². The Hall–Kier alpha value is -1.57. The fraction of sp³-hybridized carbons (Fsp3) is 0.182. The SMILES string of the molecule is C=Cc1c(C(=C)C)[nH]cc(C)c1=O. The average Bonchev–Trinajstić information content (AvgIpc) is 2.09. The van der Waals surface area contributed by atoms with E-state index in [9.17, 15) is 4.79 Å². The van der Waals surface area contributed by atoms with Gasteiger partial charge in [0.25, 0.3) is 0 Å². The van der Waals surface area contributed by atoms with Gasteiger partial charge in [-0.05, 0) is 19.4 Å². The Balaban J connectivity index is 3.57. The molecule has 0 saturated carbocycles. The molecule has 68 valence electrons. The van der Waals surface area contributed by atoms with E-state index in [-0.39, 0.29) is 5.43 Å². The van der Waals surface area contributed by atoms with Gasteiger partial charge in [0.05, 0.1) is 5.69 Å². The maximum absolute atomic E-state index is 11.6. The fourth-order valence-electron chi connectivity index (χ4n) is 1.20. The van der Waals surface area contributed by atoms with Gasteiger partial charge in [-0.1, -0.05) is 19.2 Å². The number of hydrogen-bond acceptors (Lipinski definition) is 1. The van der Waals surface area contributed by atoms with Crippen LogP contribution >= 0.6 is 0 Å². The van der Waals surface area contributed by atoms with Crippen LogP contribution in [0.15, 0.2) is 24.1 Å². The fourth-order valence-corrected chi connectivity index (χ4v) is 1.20. The summed E-state index contributed by atoms with van der Waals surface area (Å²) in [6.45, 7) is 11.0. The molecule has 0 aliphatic heterocycles. The van der Waals surface area contributed by atoms with Crippen molar-refractivity contribution in [2.45, 2.75) is 13.8 Å². The number of aromatic amines is 1. The van der Waals surface area contributed by atoms with Crippen LogP contribution in [0, 0.1) is 6.92 Å². The highest BCUT2D eigenvalue weighted by Gasteiger charge is 2.05. The molecule has 1 N–H and O–H groups in total. The van der Waals surface area contributed by atoms with Gasteiger partial charge in [0.2, 0.25) is 0 Å². The number of aromatic nitrogens is 1. The Morgan fingerprint density at radius 2 is 2.23 bits per heavy atom. The van der Waals surface area contributed by atoms with Crippen molar-refractivity contribution < 1.29 is 0 Å². The lowest BCUT2D eigenvalue weighted by molar-refractivity contribution is 1.18. The first-order valence-electron chi connectivity index (χ1n) is 4.08. The minimum Gasteiger partial charge on any atom is -0.360 e. The van der Waals surface area contributed by atoms with E-state index in [1.807, 2.05) is 6.92 Å². The minimum atomic E-state index is 0.0201. The zero-order valence-electron chi connectivity index (χ0n) is 7.98. The molecule has 0 spiro atoms. The highest BCUT2D eigenvalue weighted by molar-refractivity contribution is 5.68. The first kappa shape index (κ1) is 9.52. The average molecular weight is 175 g/mol. The summed E-state index contributed by atoms with van der Waals surface area (Å²) in [7, 11) is 0. The summed E-state index contributed by atoms with van der Waals surface area (Å²) >= 11 is 0. The van der Waals surface area contributed by atoms with E-state index in [1.54, 1.807) is 19.2 Å². The van der Waals surface area contributed by atoms with Crippen molar-refractivity contribution in [3.8, 4) is 0 Å². The molecule has 0 saturated heterocycles. The number of aryl methyl sites for hydroxylation is 1. The highest BCUT2D eigenvalue weighted by Crippen LogP contribution is 2.12. The topological polar surface area (TPSA) is 32.9 Å². The van der Waals surface area contributed by atoms with Gasteiger partial charge >= 0.3 is 0 Å². The van der Waals surface area contributed by atoms with Crippen LogP contribution in [0.1, 0.15) is 23.7 Å². The number of H-pyrrole nitrogens is 1. The summed E-state index contributed by atoms with van der Waals surface area (Å²) < 4.78 is 0. The molecule has 2 nitrogen and oxygen atoms in total. The number of allylic oxidation sites excluding steroid dienone is 1. The van der Waals surface area contributed by atoms with Crippen LogP contribution in [0.5, 0.6) is 0 Å². The first-order valence-corrected chi connectivity index (χ1v) is 4.08. The zero-order chi connectivity index (χ0) is 10.0. The number of pyridine rings is 1. The predicted molar refractivity (Wildman–Crippen MR) is 56.6 cm³/mol. The van der Waals surface area contributed by atoms with Gasteiger partial charge in [-0.2, -0.15) is 0 Å². The van der Waals surface area contributed by atoms with Gasteiger partial charge in [-0.25, -0.2) is 0 Å². The molecule has 1 aromatic heterocycles. The van der Waals surface area contributed by atoms with Crippen LogP contribution < -0.4 is 5.43 Å². The molecule has 0 bridgehead atoms. The summed E-state index contributed by atoms with van der Waals surface area (Å²) in [5.74, 6) is 0. The third kappa shape index (κ3) is 1.61. The van der Waals surface area contributed by atoms with Gasteiger partial charge in [0.1, 0.15) is 0 Å². The Labute approximate surface area is 77.6 Å². The molecule has 1 heterocycles. The van der Waals surface area contributed by atoms with E-state index in [4.69, 9.17) is 0 Å². The first-order chi connectivity index (χ1) is 6.07. The lowest BCUT2D eigenvalue weighted by atomic mass is 10.1. The smallest absolute Gasteiger partial charge is 0.192 e. The van der Waals surface area contributed by atoms with Gasteiger partial charge in [-0.3, -0.25) is 4.79 Å². The maximum Gasteiger partial charge on any atom is 0.192 e. The number of rotatable bonds is 2. The maximum atomic E-state index is 11.6. The van der Waals surface area contributed by atoms with Gasteiger partial charge in [0, 0.05) is 17.3 Å². The van der Waals surface area contributed by atoms with Crippen LogP contribution in [0.25, 0.3) is 11.6 Å². The standard InChI is InChI=1S/C11H13NO/c1-5-9-10(7(2)3)12-6-8(4)11(9)13/h5-6H,1-2H2,3-4H3,(H,12,13). The van der Waals surface area contributed by atoms with Crippen LogP contribution in [-0.2, 0) is 0 Å². The molecule has 0 amide bonds. The van der Waals surface area contributed by atoms with Crippen LogP contribution in [0.2, 0.25) is 0 Å². The predicted octanol–water partition coefficient (Wildman–Crippen LogP) is 2.36.